The van der Waals surface area contributed by atoms with Gasteiger partial charge in [0.1, 0.15) is 5.75 Å². The minimum Gasteiger partial charge on any atom is -0.482 e. The molecule has 0 unspecified atom stereocenters. The molecule has 1 heterocycles. The summed E-state index contributed by atoms with van der Waals surface area (Å²) in [7, 11) is 0. The third-order valence-electron chi connectivity index (χ3n) is 5.17. The first-order valence-corrected chi connectivity index (χ1v) is 9.89. The summed E-state index contributed by atoms with van der Waals surface area (Å²) in [6.45, 7) is 0.450. The molecule has 1 N–H and O–H groups in total. The number of ether oxygens (including phenoxy) is 1. The van der Waals surface area contributed by atoms with E-state index in [0.29, 0.717) is 5.75 Å². The van der Waals surface area contributed by atoms with Crippen molar-refractivity contribution < 1.29 is 14.6 Å². The number of hydrogen-bond acceptors (Lipinski definition) is 3. The summed E-state index contributed by atoms with van der Waals surface area (Å²) in [5, 5.41) is 8.89. The highest BCUT2D eigenvalue weighted by Gasteiger charge is 2.18. The lowest BCUT2D eigenvalue weighted by atomic mass is 9.86. The molecule has 0 bridgehead atoms. The second-order valence-electron chi connectivity index (χ2n) is 7.27. The number of rotatable bonds is 7. The van der Waals surface area contributed by atoms with Gasteiger partial charge in [0.15, 0.2) is 6.61 Å². The average molecular weight is 388 g/mol. The molecule has 0 atom stereocenters. The number of aromatic nitrogens is 2. The van der Waals surface area contributed by atoms with Crippen LogP contribution in [0.3, 0.4) is 0 Å². The summed E-state index contributed by atoms with van der Waals surface area (Å²) < 4.78 is 7.60. The van der Waals surface area contributed by atoms with Gasteiger partial charge in [-0.25, -0.2) is 9.78 Å². The van der Waals surface area contributed by atoms with Crippen LogP contribution in [0.4, 0.5) is 0 Å². The number of allylic oxidation sites excluding steroid dienone is 2. The zero-order valence-electron chi connectivity index (χ0n) is 16.3. The molecule has 0 saturated carbocycles. The molecule has 29 heavy (non-hydrogen) atoms. The van der Waals surface area contributed by atoms with E-state index in [9.17, 15) is 4.79 Å². The maximum atomic E-state index is 10.8. The number of benzene rings is 2. The second-order valence-corrected chi connectivity index (χ2v) is 7.27. The number of nitrogens with zero attached hydrogens (tertiary/aromatic N) is 2. The van der Waals surface area contributed by atoms with Crippen LogP contribution in [0.5, 0.6) is 5.75 Å². The molecule has 1 aliphatic rings. The number of carboxylic acids is 1. The summed E-state index contributed by atoms with van der Waals surface area (Å²) in [4.78, 5) is 15.4. The molecule has 3 aromatic rings. The van der Waals surface area contributed by atoms with Gasteiger partial charge in [-0.15, -0.1) is 0 Å². The molecule has 2 aromatic carbocycles. The Morgan fingerprint density at radius 3 is 2.83 bits per heavy atom. The summed E-state index contributed by atoms with van der Waals surface area (Å²) >= 11 is 0. The number of carboxylic acid groups (broad SMARTS) is 1. The lowest BCUT2D eigenvalue weighted by Crippen LogP contribution is -2.12. The van der Waals surface area contributed by atoms with Gasteiger partial charge in [0, 0.05) is 24.7 Å². The lowest BCUT2D eigenvalue weighted by Gasteiger charge is -2.22. The summed E-state index contributed by atoms with van der Waals surface area (Å²) in [5.74, 6) is -0.274. The molecule has 0 radical (unpaired) electrons. The van der Waals surface area contributed by atoms with Gasteiger partial charge in [0.05, 0.1) is 12.0 Å². The first kappa shape index (κ1) is 19.0. The molecule has 148 valence electrons. The van der Waals surface area contributed by atoms with Crippen molar-refractivity contribution in [2.45, 2.75) is 32.2 Å². The number of fused-ring (bicyclic) bond motifs is 1. The van der Waals surface area contributed by atoms with E-state index in [2.05, 4.69) is 40.0 Å². The first-order chi connectivity index (χ1) is 14.2. The standard InChI is InChI=1S/C24H24N2O3/c27-24(28)16-29-23-11-5-9-21-19(8-4-10-22(21)23)12-13-26-15-20(25-17-26)14-18-6-2-1-3-7-18/h1-3,5-7,9,11-12,15,17H,4,8,10,13-14,16H2,(H,27,28). The van der Waals surface area contributed by atoms with Crippen LogP contribution in [0.15, 0.2) is 67.1 Å². The van der Waals surface area contributed by atoms with Crippen molar-refractivity contribution in [2.75, 3.05) is 6.61 Å². The molecule has 4 rings (SSSR count). The first-order valence-electron chi connectivity index (χ1n) is 9.89. The molecule has 0 saturated heterocycles. The minimum atomic E-state index is -0.958. The fraction of sp³-hybridized carbons (Fsp3) is 0.250. The Balaban J connectivity index is 1.48. The van der Waals surface area contributed by atoms with Crippen molar-refractivity contribution in [3.8, 4) is 5.75 Å². The van der Waals surface area contributed by atoms with Crippen molar-refractivity contribution in [1.82, 2.24) is 9.55 Å². The second kappa shape index (κ2) is 8.78. The van der Waals surface area contributed by atoms with Gasteiger partial charge < -0.3 is 14.4 Å². The van der Waals surface area contributed by atoms with E-state index in [4.69, 9.17) is 9.84 Å². The zero-order chi connectivity index (χ0) is 20.1. The van der Waals surface area contributed by atoms with Crippen LogP contribution in [-0.4, -0.2) is 27.2 Å². The molecule has 1 aromatic heterocycles. The van der Waals surface area contributed by atoms with Gasteiger partial charge in [0.2, 0.25) is 0 Å². The fourth-order valence-electron chi connectivity index (χ4n) is 3.82. The van der Waals surface area contributed by atoms with E-state index in [0.717, 1.165) is 43.5 Å². The molecule has 0 amide bonds. The highest BCUT2D eigenvalue weighted by atomic mass is 16.5. The fourth-order valence-corrected chi connectivity index (χ4v) is 3.82. The SMILES string of the molecule is O=C(O)COc1cccc2c1CCCC2=CCn1cnc(Cc2ccccc2)c1. The molecule has 0 spiro atoms. The van der Waals surface area contributed by atoms with Crippen LogP contribution in [0.25, 0.3) is 5.57 Å². The van der Waals surface area contributed by atoms with Crippen molar-refractivity contribution >= 4 is 11.5 Å². The van der Waals surface area contributed by atoms with Crippen molar-refractivity contribution in [1.29, 1.82) is 0 Å². The van der Waals surface area contributed by atoms with Gasteiger partial charge in [0.25, 0.3) is 0 Å². The van der Waals surface area contributed by atoms with E-state index < -0.39 is 5.97 Å². The lowest BCUT2D eigenvalue weighted by molar-refractivity contribution is -0.139. The van der Waals surface area contributed by atoms with E-state index >= 15 is 0 Å². The summed E-state index contributed by atoms with van der Waals surface area (Å²) in [6, 6.07) is 16.2. The molecular weight excluding hydrogens is 364 g/mol. The van der Waals surface area contributed by atoms with E-state index in [1.165, 1.54) is 16.7 Å². The topological polar surface area (TPSA) is 64.3 Å². The van der Waals surface area contributed by atoms with Crippen molar-refractivity contribution in [3.63, 3.8) is 0 Å². The molecule has 5 heteroatoms. The van der Waals surface area contributed by atoms with Crippen LogP contribution in [0.1, 0.15) is 35.2 Å². The normalized spacial score (nSPS) is 14.6. The number of aliphatic carboxylic acids is 1. The van der Waals surface area contributed by atoms with Crippen LogP contribution in [0, 0.1) is 0 Å². The average Bonchev–Trinajstić information content (AvgIpc) is 3.18. The monoisotopic (exact) mass is 388 g/mol. The highest BCUT2D eigenvalue weighted by molar-refractivity contribution is 5.73. The van der Waals surface area contributed by atoms with E-state index in [1.54, 1.807) is 0 Å². The molecule has 0 aliphatic heterocycles. The van der Waals surface area contributed by atoms with E-state index in [-0.39, 0.29) is 6.61 Å². The summed E-state index contributed by atoms with van der Waals surface area (Å²) in [5.41, 5.74) is 5.88. The highest BCUT2D eigenvalue weighted by Crippen LogP contribution is 2.36. The molecular formula is C24H24N2O3. The Hall–Kier alpha value is -3.34. The van der Waals surface area contributed by atoms with Gasteiger partial charge in [-0.1, -0.05) is 48.5 Å². The Morgan fingerprint density at radius 1 is 1.14 bits per heavy atom. The number of imidazole rings is 1. The third kappa shape index (κ3) is 4.74. The molecule has 1 aliphatic carbocycles. The minimum absolute atomic E-state index is 0.311. The Labute approximate surface area is 170 Å². The molecule has 5 nitrogen and oxygen atoms in total. The predicted octanol–water partition coefficient (Wildman–Crippen LogP) is 4.36. The summed E-state index contributed by atoms with van der Waals surface area (Å²) in [6.07, 6.45) is 10.0. The van der Waals surface area contributed by atoms with Gasteiger partial charge >= 0.3 is 5.97 Å². The quantitative estimate of drug-likeness (QED) is 0.653. The zero-order valence-corrected chi connectivity index (χ0v) is 16.3. The number of carbonyl (C=O) groups is 1. The Bertz CT molecular complexity index is 1020. The molecule has 0 fully saturated rings. The van der Waals surface area contributed by atoms with Crippen LogP contribution < -0.4 is 4.74 Å². The van der Waals surface area contributed by atoms with E-state index in [1.807, 2.05) is 36.7 Å². The Morgan fingerprint density at radius 2 is 2.00 bits per heavy atom. The van der Waals surface area contributed by atoms with Gasteiger partial charge in [-0.2, -0.15) is 0 Å². The third-order valence-corrected chi connectivity index (χ3v) is 5.17. The predicted molar refractivity (Wildman–Crippen MR) is 112 cm³/mol. The largest absolute Gasteiger partial charge is 0.482 e. The van der Waals surface area contributed by atoms with Crippen LogP contribution in [-0.2, 0) is 24.2 Å². The van der Waals surface area contributed by atoms with Gasteiger partial charge in [-0.3, -0.25) is 0 Å². The van der Waals surface area contributed by atoms with Crippen molar-refractivity contribution in [3.05, 3.63) is 89.5 Å². The maximum absolute atomic E-state index is 10.8. The van der Waals surface area contributed by atoms with Crippen LogP contribution in [0.2, 0.25) is 0 Å². The maximum Gasteiger partial charge on any atom is 0.341 e. The number of hydrogen-bond donors (Lipinski definition) is 1. The Kier molecular flexibility index (Phi) is 5.75. The van der Waals surface area contributed by atoms with Crippen molar-refractivity contribution in [2.24, 2.45) is 0 Å². The smallest absolute Gasteiger partial charge is 0.341 e. The van der Waals surface area contributed by atoms with Crippen LogP contribution >= 0.6 is 0 Å². The van der Waals surface area contributed by atoms with Gasteiger partial charge in [-0.05, 0) is 42.0 Å².